The van der Waals surface area contributed by atoms with Gasteiger partial charge in [0.05, 0.1) is 12.2 Å². The first-order chi connectivity index (χ1) is 13.0. The van der Waals surface area contributed by atoms with Gasteiger partial charge in [0.15, 0.2) is 0 Å². The Balaban J connectivity index is 1.94. The fourth-order valence-electron chi connectivity index (χ4n) is 2.51. The van der Waals surface area contributed by atoms with Crippen molar-refractivity contribution in [2.75, 3.05) is 11.9 Å². The normalized spacial score (nSPS) is 10.6. The lowest BCUT2D eigenvalue weighted by molar-refractivity contribution is -0.116. The molecular formula is C17H14N4O5S. The molecule has 3 aromatic rings. The number of amides is 1. The van der Waals surface area contributed by atoms with Gasteiger partial charge in [-0.05, 0) is 25.3 Å². The third-order valence-corrected chi connectivity index (χ3v) is 4.52. The van der Waals surface area contributed by atoms with E-state index < -0.39 is 17.4 Å². The summed E-state index contributed by atoms with van der Waals surface area (Å²) in [6.07, 6.45) is 1.17. The average Bonchev–Trinajstić information content (AvgIpc) is 3.21. The number of fused-ring (bicyclic) bond motifs is 1. The Morgan fingerprint density at radius 3 is 2.96 bits per heavy atom. The number of carbonyl (C=O) groups is 2. The molecule has 0 spiro atoms. The molecule has 27 heavy (non-hydrogen) atoms. The van der Waals surface area contributed by atoms with Gasteiger partial charge in [-0.3, -0.25) is 14.2 Å². The zero-order valence-electron chi connectivity index (χ0n) is 14.4. The molecule has 0 bridgehead atoms. The van der Waals surface area contributed by atoms with Crippen molar-refractivity contribution in [3.05, 3.63) is 45.0 Å². The molecular weight excluding hydrogens is 372 g/mol. The molecule has 10 heteroatoms. The maximum absolute atomic E-state index is 12.8. The van der Waals surface area contributed by atoms with Gasteiger partial charge in [0, 0.05) is 0 Å². The van der Waals surface area contributed by atoms with Crippen LogP contribution in [-0.4, -0.2) is 28.0 Å². The van der Waals surface area contributed by atoms with E-state index in [2.05, 4.69) is 10.3 Å². The molecule has 138 valence electrons. The molecule has 0 aliphatic carbocycles. The first-order valence-electron chi connectivity index (χ1n) is 7.89. The van der Waals surface area contributed by atoms with Crippen LogP contribution in [0.3, 0.4) is 0 Å². The summed E-state index contributed by atoms with van der Waals surface area (Å²) in [5.74, 6) is -0.977. The molecule has 1 amide bonds. The summed E-state index contributed by atoms with van der Waals surface area (Å²) >= 11 is 1.20. The van der Waals surface area contributed by atoms with Crippen LogP contribution >= 0.6 is 11.3 Å². The molecule has 0 saturated carbocycles. The monoisotopic (exact) mass is 386 g/mol. The Morgan fingerprint density at radius 2 is 2.26 bits per heavy atom. The molecule has 9 nitrogen and oxygen atoms in total. The summed E-state index contributed by atoms with van der Waals surface area (Å²) in [5, 5.41) is 13.6. The van der Waals surface area contributed by atoms with E-state index in [-0.39, 0.29) is 35.6 Å². The molecule has 0 atom stereocenters. The van der Waals surface area contributed by atoms with Gasteiger partial charge in [-0.2, -0.15) is 5.26 Å². The standard InChI is InChI=1S/C17H14N4O5S/c1-3-25-17(24)12-9(2)26-14-13(12)16(23)21(8-19-14)7-11(22)20-15-10(6-18)4-5-27-15/h4-5,8H,3,7H2,1-2H3,(H,20,22). The van der Waals surface area contributed by atoms with Gasteiger partial charge in [0.25, 0.3) is 5.56 Å². The molecule has 1 N–H and O–H groups in total. The van der Waals surface area contributed by atoms with Crippen LogP contribution in [0.25, 0.3) is 11.1 Å². The molecule has 0 aromatic carbocycles. The van der Waals surface area contributed by atoms with E-state index in [0.29, 0.717) is 10.6 Å². The minimum Gasteiger partial charge on any atom is -0.462 e. The predicted octanol–water partition coefficient (Wildman–Crippen LogP) is 2.05. The van der Waals surface area contributed by atoms with Gasteiger partial charge in [-0.1, -0.05) is 0 Å². The molecule has 3 heterocycles. The highest BCUT2D eigenvalue weighted by atomic mass is 32.1. The van der Waals surface area contributed by atoms with Crippen LogP contribution in [0.4, 0.5) is 5.00 Å². The Labute approximate surface area is 156 Å². The van der Waals surface area contributed by atoms with Crippen molar-refractivity contribution in [1.29, 1.82) is 5.26 Å². The van der Waals surface area contributed by atoms with E-state index in [9.17, 15) is 14.4 Å². The van der Waals surface area contributed by atoms with Crippen molar-refractivity contribution >= 4 is 39.3 Å². The number of furan rings is 1. The Morgan fingerprint density at radius 1 is 1.48 bits per heavy atom. The summed E-state index contributed by atoms with van der Waals surface area (Å²) in [5.41, 5.74) is -0.252. The van der Waals surface area contributed by atoms with Crippen LogP contribution < -0.4 is 10.9 Å². The second-order valence-corrected chi connectivity index (χ2v) is 6.35. The van der Waals surface area contributed by atoms with Gasteiger partial charge in [-0.15, -0.1) is 11.3 Å². The number of carbonyl (C=O) groups excluding carboxylic acids is 2. The van der Waals surface area contributed by atoms with Crippen molar-refractivity contribution in [3.8, 4) is 6.07 Å². The minimum absolute atomic E-state index is 0.00207. The predicted molar refractivity (Wildman–Crippen MR) is 96.6 cm³/mol. The summed E-state index contributed by atoms with van der Waals surface area (Å²) in [7, 11) is 0. The number of hydrogen-bond donors (Lipinski definition) is 1. The Bertz CT molecular complexity index is 1130. The number of ether oxygens (including phenoxy) is 1. The molecule has 0 aliphatic rings. The van der Waals surface area contributed by atoms with Crippen LogP contribution in [0, 0.1) is 18.3 Å². The van der Waals surface area contributed by atoms with Crippen LogP contribution in [-0.2, 0) is 16.1 Å². The quantitative estimate of drug-likeness (QED) is 0.665. The largest absolute Gasteiger partial charge is 0.462 e. The number of esters is 1. The number of anilines is 1. The van der Waals surface area contributed by atoms with Crippen LogP contribution in [0.15, 0.2) is 27.0 Å². The van der Waals surface area contributed by atoms with Crippen molar-refractivity contribution < 1.29 is 18.7 Å². The molecule has 0 saturated heterocycles. The lowest BCUT2D eigenvalue weighted by atomic mass is 10.2. The van der Waals surface area contributed by atoms with E-state index in [1.807, 2.05) is 6.07 Å². The van der Waals surface area contributed by atoms with E-state index in [1.54, 1.807) is 18.4 Å². The number of thiophene rings is 1. The molecule has 3 rings (SSSR count). The third kappa shape index (κ3) is 3.45. The first-order valence-corrected chi connectivity index (χ1v) is 8.77. The van der Waals surface area contributed by atoms with Crippen molar-refractivity contribution in [2.24, 2.45) is 0 Å². The summed E-state index contributed by atoms with van der Waals surface area (Å²) in [6, 6.07) is 3.55. The molecule has 3 aromatic heterocycles. The zero-order chi connectivity index (χ0) is 19.6. The van der Waals surface area contributed by atoms with Crippen LogP contribution in [0.2, 0.25) is 0 Å². The van der Waals surface area contributed by atoms with Gasteiger partial charge in [0.1, 0.15) is 40.7 Å². The Hall–Kier alpha value is -3.45. The highest BCUT2D eigenvalue weighted by molar-refractivity contribution is 7.14. The highest BCUT2D eigenvalue weighted by Crippen LogP contribution is 2.23. The molecule has 0 radical (unpaired) electrons. The maximum atomic E-state index is 12.8. The summed E-state index contributed by atoms with van der Waals surface area (Å²) in [6.45, 7) is 2.99. The average molecular weight is 386 g/mol. The zero-order valence-corrected chi connectivity index (χ0v) is 15.3. The number of hydrogen-bond acceptors (Lipinski definition) is 8. The molecule has 0 aliphatic heterocycles. The van der Waals surface area contributed by atoms with Crippen LogP contribution in [0.1, 0.15) is 28.6 Å². The van der Waals surface area contributed by atoms with Gasteiger partial charge in [-0.25, -0.2) is 9.78 Å². The second-order valence-electron chi connectivity index (χ2n) is 5.43. The van der Waals surface area contributed by atoms with Crippen molar-refractivity contribution in [1.82, 2.24) is 9.55 Å². The summed E-state index contributed by atoms with van der Waals surface area (Å²) < 4.78 is 11.4. The first kappa shape index (κ1) is 18.3. The van der Waals surface area contributed by atoms with Gasteiger partial charge < -0.3 is 14.5 Å². The maximum Gasteiger partial charge on any atom is 0.342 e. The van der Waals surface area contributed by atoms with Crippen molar-refractivity contribution in [3.63, 3.8) is 0 Å². The molecule has 0 fully saturated rings. The number of nitrogens with one attached hydrogen (secondary N) is 1. The lowest BCUT2D eigenvalue weighted by Crippen LogP contribution is -2.28. The van der Waals surface area contributed by atoms with Gasteiger partial charge in [0.2, 0.25) is 11.6 Å². The van der Waals surface area contributed by atoms with Crippen molar-refractivity contribution in [2.45, 2.75) is 20.4 Å². The van der Waals surface area contributed by atoms with E-state index in [1.165, 1.54) is 24.6 Å². The lowest BCUT2D eigenvalue weighted by Gasteiger charge is -2.06. The topological polar surface area (TPSA) is 127 Å². The fourth-order valence-corrected chi connectivity index (χ4v) is 3.27. The number of aryl methyl sites for hydroxylation is 1. The van der Waals surface area contributed by atoms with E-state index >= 15 is 0 Å². The third-order valence-electron chi connectivity index (χ3n) is 3.69. The highest BCUT2D eigenvalue weighted by Gasteiger charge is 2.24. The van der Waals surface area contributed by atoms with E-state index in [0.717, 1.165) is 4.57 Å². The summed E-state index contributed by atoms with van der Waals surface area (Å²) in [4.78, 5) is 41.2. The van der Waals surface area contributed by atoms with E-state index in [4.69, 9.17) is 14.4 Å². The SMILES string of the molecule is CCOC(=O)c1c(C)oc2ncn(CC(=O)Nc3sccc3C#N)c(=O)c12. The number of rotatable bonds is 5. The van der Waals surface area contributed by atoms with Gasteiger partial charge >= 0.3 is 5.97 Å². The fraction of sp³-hybridized carbons (Fsp3) is 0.235. The second kappa shape index (κ2) is 7.43. The number of nitrogens with zero attached hydrogens (tertiary/aromatic N) is 3. The number of aromatic nitrogens is 2. The minimum atomic E-state index is -0.688. The Kier molecular flexibility index (Phi) is 5.05. The molecule has 0 unspecified atom stereocenters. The smallest absolute Gasteiger partial charge is 0.342 e. The van der Waals surface area contributed by atoms with Crippen LogP contribution in [0.5, 0.6) is 0 Å². The number of nitriles is 1.